The maximum absolute atomic E-state index is 13.4. The number of nitrogens with zero attached hydrogens (tertiary/aromatic N) is 5. The van der Waals surface area contributed by atoms with Gasteiger partial charge in [-0.05, 0) is 67.9 Å². The first-order valence-corrected chi connectivity index (χ1v) is 16.2. The van der Waals surface area contributed by atoms with E-state index >= 15 is 0 Å². The Kier molecular flexibility index (Phi) is 6.44. The maximum atomic E-state index is 13.4. The summed E-state index contributed by atoms with van der Waals surface area (Å²) >= 11 is 1.59. The van der Waals surface area contributed by atoms with Gasteiger partial charge in [0, 0.05) is 42.8 Å². The number of sulfonamides is 1. The highest BCUT2D eigenvalue weighted by atomic mass is 32.2. The number of methoxy groups -OCH3 is 1. The minimum absolute atomic E-state index is 0.00162. The van der Waals surface area contributed by atoms with Gasteiger partial charge in [0.05, 0.1) is 23.4 Å². The summed E-state index contributed by atoms with van der Waals surface area (Å²) in [5.41, 5.74) is 4.62. The predicted molar refractivity (Wildman–Crippen MR) is 159 cm³/mol. The molecule has 2 fully saturated rings. The van der Waals surface area contributed by atoms with E-state index < -0.39 is 10.0 Å². The molecule has 210 valence electrons. The third-order valence-electron chi connectivity index (χ3n) is 8.57. The Labute approximate surface area is 243 Å². The lowest BCUT2D eigenvalue weighted by molar-refractivity contribution is 0.231. The van der Waals surface area contributed by atoms with Gasteiger partial charge in [0.15, 0.2) is 4.96 Å². The van der Waals surface area contributed by atoms with Gasteiger partial charge in [0.1, 0.15) is 17.3 Å². The summed E-state index contributed by atoms with van der Waals surface area (Å²) in [6.45, 7) is 3.10. The summed E-state index contributed by atoms with van der Waals surface area (Å²) < 4.78 is 36.1. The molecule has 4 heterocycles. The second-order valence-corrected chi connectivity index (χ2v) is 14.0. The highest BCUT2D eigenvalue weighted by Crippen LogP contribution is 2.59. The normalized spacial score (nSPS) is 21.0. The van der Waals surface area contributed by atoms with Gasteiger partial charge >= 0.3 is 0 Å². The SMILES string of the molecule is COc1cccc(-c2nc3sccn3c2-c2ccnc(CC3CC34CCCN(S(=O)(=O)c3ccc(C)cc3)C4)n2)c1. The molecule has 2 atom stereocenters. The highest BCUT2D eigenvalue weighted by molar-refractivity contribution is 7.89. The van der Waals surface area contributed by atoms with E-state index in [0.717, 1.165) is 70.4 Å². The summed E-state index contributed by atoms with van der Waals surface area (Å²) in [5.74, 6) is 1.92. The largest absolute Gasteiger partial charge is 0.497 e. The molecule has 1 saturated carbocycles. The van der Waals surface area contributed by atoms with E-state index in [-0.39, 0.29) is 5.41 Å². The molecule has 1 saturated heterocycles. The number of thiazole rings is 1. The molecule has 3 aromatic heterocycles. The average Bonchev–Trinajstić information content (AvgIpc) is 3.28. The van der Waals surface area contributed by atoms with Crippen molar-refractivity contribution < 1.29 is 13.2 Å². The molecule has 0 bridgehead atoms. The Bertz CT molecular complexity index is 1850. The van der Waals surface area contributed by atoms with Crippen molar-refractivity contribution in [3.8, 4) is 28.4 Å². The average molecular weight is 586 g/mol. The second-order valence-electron chi connectivity index (χ2n) is 11.2. The Morgan fingerprint density at radius 3 is 2.80 bits per heavy atom. The molecular weight excluding hydrogens is 555 g/mol. The fourth-order valence-corrected chi connectivity index (χ4v) is 8.54. The number of rotatable bonds is 7. The Morgan fingerprint density at radius 1 is 1.12 bits per heavy atom. The van der Waals surface area contributed by atoms with Crippen LogP contribution in [0.25, 0.3) is 27.6 Å². The lowest BCUT2D eigenvalue weighted by Gasteiger charge is -2.33. The number of hydrogen-bond donors (Lipinski definition) is 0. The molecule has 2 aliphatic rings. The molecule has 5 aromatic rings. The fourth-order valence-electron chi connectivity index (χ4n) is 6.25. The van der Waals surface area contributed by atoms with Gasteiger partial charge < -0.3 is 4.74 Å². The lowest BCUT2D eigenvalue weighted by atomic mass is 9.92. The smallest absolute Gasteiger partial charge is 0.243 e. The number of aromatic nitrogens is 4. The first kappa shape index (κ1) is 26.3. The number of aryl methyl sites for hydroxylation is 1. The van der Waals surface area contributed by atoms with Crippen LogP contribution in [0.3, 0.4) is 0 Å². The molecule has 0 N–H and O–H groups in total. The quantitative estimate of drug-likeness (QED) is 0.237. The van der Waals surface area contributed by atoms with Gasteiger partial charge in [0.2, 0.25) is 10.0 Å². The van der Waals surface area contributed by atoms with E-state index in [4.69, 9.17) is 14.7 Å². The molecule has 0 radical (unpaired) electrons. The van der Waals surface area contributed by atoms with E-state index in [1.807, 2.05) is 67.2 Å². The highest BCUT2D eigenvalue weighted by Gasteiger charge is 2.56. The molecule has 1 spiro atoms. The first-order valence-electron chi connectivity index (χ1n) is 13.9. The van der Waals surface area contributed by atoms with E-state index in [1.54, 1.807) is 34.9 Å². The van der Waals surface area contributed by atoms with Gasteiger partial charge in [-0.1, -0.05) is 29.8 Å². The number of fused-ring (bicyclic) bond motifs is 1. The zero-order valence-electron chi connectivity index (χ0n) is 23.0. The van der Waals surface area contributed by atoms with E-state index in [2.05, 4.69) is 9.38 Å². The lowest BCUT2D eigenvalue weighted by Crippen LogP contribution is -2.41. The molecule has 1 aliphatic carbocycles. The molecule has 2 unspecified atom stereocenters. The Hall–Kier alpha value is -3.60. The van der Waals surface area contributed by atoms with Gasteiger partial charge in [-0.2, -0.15) is 4.31 Å². The van der Waals surface area contributed by atoms with Crippen molar-refractivity contribution in [2.24, 2.45) is 11.3 Å². The predicted octanol–water partition coefficient (Wildman–Crippen LogP) is 5.87. The van der Waals surface area contributed by atoms with Crippen molar-refractivity contribution in [2.75, 3.05) is 20.2 Å². The van der Waals surface area contributed by atoms with Crippen molar-refractivity contribution in [1.29, 1.82) is 0 Å². The number of hydrogen-bond acceptors (Lipinski definition) is 7. The van der Waals surface area contributed by atoms with Crippen LogP contribution in [0, 0.1) is 18.3 Å². The van der Waals surface area contributed by atoms with Gasteiger partial charge in [0.25, 0.3) is 0 Å². The van der Waals surface area contributed by atoms with E-state index in [9.17, 15) is 8.42 Å². The van der Waals surface area contributed by atoms with Gasteiger partial charge in [-0.15, -0.1) is 11.3 Å². The molecule has 0 amide bonds. The first-order chi connectivity index (χ1) is 19.9. The molecule has 10 heteroatoms. The van der Waals surface area contributed by atoms with Gasteiger partial charge in [-0.3, -0.25) is 4.40 Å². The molecule has 2 aromatic carbocycles. The zero-order valence-corrected chi connectivity index (χ0v) is 24.7. The van der Waals surface area contributed by atoms with Crippen LogP contribution in [0.4, 0.5) is 0 Å². The molecule has 41 heavy (non-hydrogen) atoms. The van der Waals surface area contributed by atoms with E-state index in [0.29, 0.717) is 23.9 Å². The van der Waals surface area contributed by atoms with Crippen LogP contribution in [0.2, 0.25) is 0 Å². The number of benzene rings is 2. The Morgan fingerprint density at radius 2 is 1.98 bits per heavy atom. The second kappa shape index (κ2) is 10.0. The summed E-state index contributed by atoms with van der Waals surface area (Å²) in [6.07, 6.45) is 7.48. The van der Waals surface area contributed by atoms with Crippen LogP contribution in [-0.4, -0.2) is 52.3 Å². The summed E-state index contributed by atoms with van der Waals surface area (Å²) in [5, 5.41) is 2.02. The molecule has 1 aliphatic heterocycles. The monoisotopic (exact) mass is 585 g/mol. The fraction of sp³-hybridized carbons (Fsp3) is 0.323. The third-order valence-corrected chi connectivity index (χ3v) is 11.2. The van der Waals surface area contributed by atoms with Crippen LogP contribution in [-0.2, 0) is 16.4 Å². The number of ether oxygens (including phenoxy) is 1. The standard InChI is InChI=1S/C31H31N5O3S2/c1-21-7-9-25(10-8-21)41(37,38)35-14-4-12-31(20-35)19-23(31)18-27-32-13-11-26(33-27)29-28(34-30-36(29)15-16-40-30)22-5-3-6-24(17-22)39-2/h3,5-11,13,15-17,23H,4,12,14,18-20H2,1-2H3. The van der Waals surface area contributed by atoms with Crippen molar-refractivity contribution in [1.82, 2.24) is 23.7 Å². The van der Waals surface area contributed by atoms with Crippen LogP contribution < -0.4 is 4.74 Å². The summed E-state index contributed by atoms with van der Waals surface area (Å²) in [6, 6.07) is 17.0. The zero-order chi connectivity index (χ0) is 28.2. The summed E-state index contributed by atoms with van der Waals surface area (Å²) in [4.78, 5) is 15.9. The van der Waals surface area contributed by atoms with Crippen molar-refractivity contribution in [2.45, 2.75) is 37.5 Å². The molecule has 7 rings (SSSR count). The number of piperidine rings is 1. The number of imidazole rings is 1. The van der Waals surface area contributed by atoms with Crippen molar-refractivity contribution >= 4 is 26.3 Å². The van der Waals surface area contributed by atoms with Crippen molar-refractivity contribution in [3.05, 3.63) is 83.8 Å². The van der Waals surface area contributed by atoms with Crippen LogP contribution in [0.5, 0.6) is 5.75 Å². The van der Waals surface area contributed by atoms with Gasteiger partial charge in [-0.25, -0.2) is 23.4 Å². The third kappa shape index (κ3) is 4.73. The minimum Gasteiger partial charge on any atom is -0.497 e. The molecule has 8 nitrogen and oxygen atoms in total. The minimum atomic E-state index is -3.51. The topological polar surface area (TPSA) is 89.7 Å². The van der Waals surface area contributed by atoms with Crippen LogP contribution in [0.1, 0.15) is 30.7 Å². The van der Waals surface area contributed by atoms with E-state index in [1.165, 1.54) is 0 Å². The van der Waals surface area contributed by atoms with Crippen molar-refractivity contribution in [3.63, 3.8) is 0 Å². The van der Waals surface area contributed by atoms with Crippen LogP contribution >= 0.6 is 11.3 Å². The van der Waals surface area contributed by atoms with Crippen LogP contribution in [0.15, 0.2) is 77.3 Å². The summed E-state index contributed by atoms with van der Waals surface area (Å²) in [7, 11) is -1.85. The maximum Gasteiger partial charge on any atom is 0.243 e. The Balaban J connectivity index is 1.14. The molecular formula is C31H31N5O3S2.